The molecule has 0 aliphatic carbocycles. The van der Waals surface area contributed by atoms with E-state index in [2.05, 4.69) is 10.3 Å². The van der Waals surface area contributed by atoms with Gasteiger partial charge in [0.15, 0.2) is 5.78 Å². The van der Waals surface area contributed by atoms with E-state index in [1.54, 1.807) is 18.2 Å². The van der Waals surface area contributed by atoms with Gasteiger partial charge in [0.25, 0.3) is 0 Å². The van der Waals surface area contributed by atoms with Crippen molar-refractivity contribution in [2.24, 2.45) is 0 Å². The van der Waals surface area contributed by atoms with Crippen LogP contribution in [0.4, 0.5) is 0 Å². The number of halogens is 1. The van der Waals surface area contributed by atoms with E-state index >= 15 is 0 Å². The SMILES string of the molecule is N#Cc1cccc(C(=O)Cc2ccc([C@@H]3CNCCO3)cc2Cl)n1. The molecule has 1 saturated heterocycles. The molecular formula is C18H16ClN3O2. The molecule has 1 aliphatic heterocycles. The molecule has 0 radical (unpaired) electrons. The highest BCUT2D eigenvalue weighted by atomic mass is 35.5. The van der Waals surface area contributed by atoms with Crippen molar-refractivity contribution in [3.63, 3.8) is 0 Å². The van der Waals surface area contributed by atoms with Gasteiger partial charge in [0.2, 0.25) is 0 Å². The van der Waals surface area contributed by atoms with Gasteiger partial charge in [-0.15, -0.1) is 0 Å². The van der Waals surface area contributed by atoms with Crippen LogP contribution in [-0.2, 0) is 11.2 Å². The van der Waals surface area contributed by atoms with Gasteiger partial charge in [0.1, 0.15) is 17.5 Å². The van der Waals surface area contributed by atoms with E-state index in [4.69, 9.17) is 21.6 Å². The minimum Gasteiger partial charge on any atom is -0.371 e. The van der Waals surface area contributed by atoms with E-state index in [0.717, 1.165) is 24.2 Å². The molecule has 2 aromatic rings. The number of hydrogen-bond donors (Lipinski definition) is 1. The van der Waals surface area contributed by atoms with Crippen LogP contribution in [0.5, 0.6) is 0 Å². The van der Waals surface area contributed by atoms with Gasteiger partial charge in [-0.2, -0.15) is 5.26 Å². The fourth-order valence-electron chi connectivity index (χ4n) is 2.60. The summed E-state index contributed by atoms with van der Waals surface area (Å²) in [6, 6.07) is 12.4. The highest BCUT2D eigenvalue weighted by Crippen LogP contribution is 2.25. The molecule has 1 aliphatic rings. The standard InChI is InChI=1S/C18H16ClN3O2/c19-15-8-13(18-11-21-6-7-24-18)5-4-12(15)9-17(23)16-3-1-2-14(10-20)22-16/h1-5,8,18,21H,6-7,9,11H2/t18-/m0/s1. The van der Waals surface area contributed by atoms with Gasteiger partial charge in [-0.3, -0.25) is 4.79 Å². The Hall–Kier alpha value is -2.26. The highest BCUT2D eigenvalue weighted by molar-refractivity contribution is 6.31. The number of benzene rings is 1. The second-order valence-corrected chi connectivity index (χ2v) is 5.94. The predicted molar refractivity (Wildman–Crippen MR) is 90.0 cm³/mol. The summed E-state index contributed by atoms with van der Waals surface area (Å²) in [5, 5.41) is 12.7. The molecule has 3 rings (SSSR count). The van der Waals surface area contributed by atoms with Gasteiger partial charge in [-0.25, -0.2) is 4.98 Å². The van der Waals surface area contributed by atoms with E-state index in [0.29, 0.717) is 11.6 Å². The molecule has 122 valence electrons. The van der Waals surface area contributed by atoms with Crippen LogP contribution in [0.1, 0.15) is 33.4 Å². The lowest BCUT2D eigenvalue weighted by atomic mass is 10.0. The van der Waals surface area contributed by atoms with E-state index < -0.39 is 0 Å². The Morgan fingerprint density at radius 2 is 2.29 bits per heavy atom. The summed E-state index contributed by atoms with van der Waals surface area (Å²) < 4.78 is 5.71. The number of ketones is 1. The predicted octanol–water partition coefficient (Wildman–Crippen LogP) is 2.69. The molecule has 0 spiro atoms. The molecule has 1 aromatic heterocycles. The number of morpholine rings is 1. The van der Waals surface area contributed by atoms with Gasteiger partial charge in [-0.05, 0) is 29.3 Å². The van der Waals surface area contributed by atoms with Gasteiger partial charge in [-0.1, -0.05) is 29.8 Å². The van der Waals surface area contributed by atoms with Crippen LogP contribution in [0.15, 0.2) is 36.4 Å². The first-order valence-corrected chi connectivity index (χ1v) is 8.06. The first-order valence-electron chi connectivity index (χ1n) is 7.68. The maximum Gasteiger partial charge on any atom is 0.185 e. The van der Waals surface area contributed by atoms with Crippen LogP contribution < -0.4 is 5.32 Å². The van der Waals surface area contributed by atoms with Gasteiger partial charge in [0, 0.05) is 24.5 Å². The molecule has 1 N–H and O–H groups in total. The number of carbonyl (C=O) groups is 1. The van der Waals surface area contributed by atoms with Crippen molar-refractivity contribution in [1.82, 2.24) is 10.3 Å². The molecular weight excluding hydrogens is 326 g/mol. The molecule has 6 heteroatoms. The summed E-state index contributed by atoms with van der Waals surface area (Å²) in [6.45, 7) is 2.27. The fourth-order valence-corrected chi connectivity index (χ4v) is 2.86. The third-order valence-corrected chi connectivity index (χ3v) is 4.23. The zero-order valence-corrected chi connectivity index (χ0v) is 13.7. The van der Waals surface area contributed by atoms with Crippen LogP contribution >= 0.6 is 11.6 Å². The Labute approximate surface area is 145 Å². The largest absolute Gasteiger partial charge is 0.371 e. The third kappa shape index (κ3) is 3.80. The summed E-state index contributed by atoms with van der Waals surface area (Å²) in [4.78, 5) is 16.4. The van der Waals surface area contributed by atoms with E-state index in [9.17, 15) is 4.79 Å². The van der Waals surface area contributed by atoms with Crippen molar-refractivity contribution in [2.45, 2.75) is 12.5 Å². The van der Waals surface area contributed by atoms with Crippen molar-refractivity contribution in [3.05, 3.63) is 63.9 Å². The molecule has 0 unspecified atom stereocenters. The topological polar surface area (TPSA) is 75.0 Å². The minimum absolute atomic E-state index is 0.0185. The Bertz CT molecular complexity index is 795. The summed E-state index contributed by atoms with van der Waals surface area (Å²) in [6.07, 6.45) is 0.125. The quantitative estimate of drug-likeness (QED) is 0.865. The first kappa shape index (κ1) is 16.6. The van der Waals surface area contributed by atoms with Crippen LogP contribution in [0.2, 0.25) is 5.02 Å². The lowest BCUT2D eigenvalue weighted by molar-refractivity contribution is 0.0277. The van der Waals surface area contributed by atoms with Crippen LogP contribution in [0.3, 0.4) is 0 Å². The number of pyridine rings is 1. The summed E-state index contributed by atoms with van der Waals surface area (Å²) >= 11 is 6.34. The molecule has 0 bridgehead atoms. The number of nitrogens with zero attached hydrogens (tertiary/aromatic N) is 2. The number of Topliss-reactive ketones (excluding diaryl/α,β-unsaturated/α-hetero) is 1. The van der Waals surface area contributed by atoms with Crippen molar-refractivity contribution < 1.29 is 9.53 Å². The number of nitrogens with one attached hydrogen (secondary N) is 1. The highest BCUT2D eigenvalue weighted by Gasteiger charge is 2.18. The lowest BCUT2D eigenvalue weighted by Crippen LogP contribution is -2.33. The minimum atomic E-state index is -0.169. The third-order valence-electron chi connectivity index (χ3n) is 3.88. The number of ether oxygens (including phenoxy) is 1. The molecule has 5 nitrogen and oxygen atoms in total. The zero-order chi connectivity index (χ0) is 16.9. The van der Waals surface area contributed by atoms with Crippen molar-refractivity contribution in [2.75, 3.05) is 19.7 Å². The second-order valence-electron chi connectivity index (χ2n) is 5.53. The van der Waals surface area contributed by atoms with Gasteiger partial charge >= 0.3 is 0 Å². The summed E-state index contributed by atoms with van der Waals surface area (Å²) in [5.74, 6) is -0.169. The Morgan fingerprint density at radius 3 is 3.00 bits per heavy atom. The number of rotatable bonds is 4. The monoisotopic (exact) mass is 341 g/mol. The molecule has 0 saturated carbocycles. The number of nitriles is 1. The van der Waals surface area contributed by atoms with Crippen LogP contribution in [-0.4, -0.2) is 30.5 Å². The number of aromatic nitrogens is 1. The number of carbonyl (C=O) groups excluding carboxylic acids is 1. The molecule has 1 atom stereocenters. The molecule has 1 fully saturated rings. The lowest BCUT2D eigenvalue weighted by Gasteiger charge is -2.24. The van der Waals surface area contributed by atoms with E-state index in [1.165, 1.54) is 0 Å². The van der Waals surface area contributed by atoms with Crippen molar-refractivity contribution in [1.29, 1.82) is 5.26 Å². The van der Waals surface area contributed by atoms with Gasteiger partial charge in [0.05, 0.1) is 12.7 Å². The summed E-state index contributed by atoms with van der Waals surface area (Å²) in [5.41, 5.74) is 2.23. The van der Waals surface area contributed by atoms with E-state index in [-0.39, 0.29) is 29.7 Å². The maximum atomic E-state index is 12.4. The second kappa shape index (κ2) is 7.54. The molecule has 1 aromatic carbocycles. The Balaban J connectivity index is 1.75. The van der Waals surface area contributed by atoms with Gasteiger partial charge < -0.3 is 10.1 Å². The fraction of sp³-hybridized carbons (Fsp3) is 0.278. The zero-order valence-electron chi connectivity index (χ0n) is 13.0. The van der Waals surface area contributed by atoms with Crippen molar-refractivity contribution in [3.8, 4) is 6.07 Å². The smallest absolute Gasteiger partial charge is 0.185 e. The maximum absolute atomic E-state index is 12.4. The molecule has 24 heavy (non-hydrogen) atoms. The average Bonchev–Trinajstić information content (AvgIpc) is 2.64. The first-order chi connectivity index (χ1) is 11.7. The number of hydrogen-bond acceptors (Lipinski definition) is 5. The van der Waals surface area contributed by atoms with Crippen molar-refractivity contribution >= 4 is 17.4 Å². The van der Waals surface area contributed by atoms with E-state index in [1.807, 2.05) is 24.3 Å². The van der Waals surface area contributed by atoms with Crippen LogP contribution in [0.25, 0.3) is 0 Å². The normalized spacial score (nSPS) is 17.2. The Kier molecular flexibility index (Phi) is 5.21. The van der Waals surface area contributed by atoms with Crippen LogP contribution in [0, 0.1) is 11.3 Å². The molecule has 2 heterocycles. The Morgan fingerprint density at radius 1 is 1.42 bits per heavy atom. The summed E-state index contributed by atoms with van der Waals surface area (Å²) in [7, 11) is 0. The average molecular weight is 342 g/mol. The molecule has 0 amide bonds.